The molecule has 308 valence electrons. The molecule has 0 aliphatic carbocycles. The third-order valence-electron chi connectivity index (χ3n) is 12.8. The molecule has 11 aromatic carbocycles. The largest absolute Gasteiger partial charge is 0.208 e. The number of hydrogen-bond acceptors (Lipinski definition) is 3. The van der Waals surface area contributed by atoms with Crippen LogP contribution in [0.4, 0.5) is 0 Å². The molecule has 3 nitrogen and oxygen atoms in total. The third kappa shape index (κ3) is 7.19. The van der Waals surface area contributed by atoms with Crippen molar-refractivity contribution in [3.05, 3.63) is 249 Å². The van der Waals surface area contributed by atoms with Gasteiger partial charge in [-0.25, -0.2) is 15.0 Å². The van der Waals surface area contributed by atoms with Gasteiger partial charge in [0, 0.05) is 16.7 Å². The molecular formula is C63H41N3. The second-order valence-electron chi connectivity index (χ2n) is 16.7. The minimum atomic E-state index is 0.614. The Labute approximate surface area is 384 Å². The molecule has 1 heterocycles. The molecule has 0 aliphatic heterocycles. The Kier molecular flexibility index (Phi) is 9.85. The van der Waals surface area contributed by atoms with Crippen LogP contribution in [0.5, 0.6) is 0 Å². The van der Waals surface area contributed by atoms with E-state index in [9.17, 15) is 0 Å². The molecular weight excluding hydrogens is 799 g/mol. The smallest absolute Gasteiger partial charge is 0.164 e. The highest BCUT2D eigenvalue weighted by molar-refractivity contribution is 6.06. The summed E-state index contributed by atoms with van der Waals surface area (Å²) in [5.41, 5.74) is 14.5. The summed E-state index contributed by atoms with van der Waals surface area (Å²) in [4.78, 5) is 16.0. The molecule has 0 atom stereocenters. The Morgan fingerprint density at radius 1 is 0.182 bits per heavy atom. The Balaban J connectivity index is 1.02. The van der Waals surface area contributed by atoms with Gasteiger partial charge in [-0.2, -0.15) is 0 Å². The molecule has 0 spiro atoms. The molecule has 12 aromatic rings. The summed E-state index contributed by atoms with van der Waals surface area (Å²) in [6, 6.07) is 88.4. The fourth-order valence-corrected chi connectivity index (χ4v) is 9.51. The van der Waals surface area contributed by atoms with Gasteiger partial charge in [0.2, 0.25) is 0 Å². The monoisotopic (exact) mass is 839 g/mol. The summed E-state index contributed by atoms with van der Waals surface area (Å²) < 4.78 is 0. The molecule has 12 rings (SSSR count). The average molecular weight is 840 g/mol. The van der Waals surface area contributed by atoms with Crippen molar-refractivity contribution < 1.29 is 0 Å². The molecule has 0 unspecified atom stereocenters. The van der Waals surface area contributed by atoms with Crippen molar-refractivity contribution in [2.75, 3.05) is 0 Å². The van der Waals surface area contributed by atoms with Crippen LogP contribution in [0.2, 0.25) is 0 Å². The molecule has 0 saturated heterocycles. The third-order valence-corrected chi connectivity index (χ3v) is 12.8. The molecule has 0 N–H and O–H groups in total. The van der Waals surface area contributed by atoms with Crippen molar-refractivity contribution >= 4 is 32.3 Å². The summed E-state index contributed by atoms with van der Waals surface area (Å²) in [5.74, 6) is 1.85. The molecule has 0 saturated carbocycles. The van der Waals surface area contributed by atoms with Gasteiger partial charge >= 0.3 is 0 Å². The highest BCUT2D eigenvalue weighted by Gasteiger charge is 2.18. The van der Waals surface area contributed by atoms with Gasteiger partial charge in [-0.05, 0) is 100 Å². The zero-order valence-corrected chi connectivity index (χ0v) is 36.0. The van der Waals surface area contributed by atoms with Crippen LogP contribution in [-0.4, -0.2) is 15.0 Å². The molecule has 0 radical (unpaired) electrons. The van der Waals surface area contributed by atoms with Crippen LogP contribution in [0.3, 0.4) is 0 Å². The van der Waals surface area contributed by atoms with Gasteiger partial charge in [0.25, 0.3) is 0 Å². The Hall–Kier alpha value is -8.79. The number of benzene rings is 11. The van der Waals surface area contributed by atoms with Gasteiger partial charge in [0.1, 0.15) is 0 Å². The van der Waals surface area contributed by atoms with Crippen molar-refractivity contribution in [3.8, 4) is 89.8 Å². The van der Waals surface area contributed by atoms with E-state index in [0.29, 0.717) is 17.5 Å². The van der Waals surface area contributed by atoms with E-state index in [0.717, 1.165) is 60.5 Å². The number of aromatic nitrogens is 3. The zero-order valence-electron chi connectivity index (χ0n) is 36.0. The highest BCUT2D eigenvalue weighted by Crippen LogP contribution is 2.39. The highest BCUT2D eigenvalue weighted by atomic mass is 15.0. The molecule has 0 bridgehead atoms. The van der Waals surface area contributed by atoms with Gasteiger partial charge < -0.3 is 0 Å². The maximum absolute atomic E-state index is 5.34. The van der Waals surface area contributed by atoms with Gasteiger partial charge in [-0.15, -0.1) is 0 Å². The van der Waals surface area contributed by atoms with E-state index in [4.69, 9.17) is 15.0 Å². The first-order chi connectivity index (χ1) is 32.7. The van der Waals surface area contributed by atoms with E-state index >= 15 is 0 Å². The minimum absolute atomic E-state index is 0.614. The molecule has 0 aliphatic rings. The lowest BCUT2D eigenvalue weighted by Crippen LogP contribution is -2.01. The van der Waals surface area contributed by atoms with Crippen molar-refractivity contribution in [2.45, 2.75) is 0 Å². The SMILES string of the molecule is c1ccc(-c2ccc(-c3cccc4ccc(-c5nc(-c6cccc(-c7ccc(-c8ccccc8)c8ccccc78)c6)nc(-c6cccc7c(-c8ccccc8)cccc67)n5)cc34)cc2)cc1. The summed E-state index contributed by atoms with van der Waals surface area (Å²) in [6.07, 6.45) is 0. The van der Waals surface area contributed by atoms with Crippen LogP contribution in [0.25, 0.3) is 122 Å². The number of hydrogen-bond donors (Lipinski definition) is 0. The van der Waals surface area contributed by atoms with Crippen molar-refractivity contribution in [2.24, 2.45) is 0 Å². The maximum Gasteiger partial charge on any atom is 0.164 e. The van der Waals surface area contributed by atoms with E-state index < -0.39 is 0 Å². The van der Waals surface area contributed by atoms with Crippen LogP contribution in [0.1, 0.15) is 0 Å². The number of nitrogens with zero attached hydrogens (tertiary/aromatic N) is 3. The first-order valence-electron chi connectivity index (χ1n) is 22.4. The Morgan fingerprint density at radius 2 is 0.545 bits per heavy atom. The standard InChI is InChI=1S/C63H41N3/c1-4-16-42(17-5-1)43-32-34-47(35-33-43)52-27-13-22-46-36-37-50(41-60(46)52)62-64-61(65-63(66-62)59-31-15-29-57-51(28-14-30-58(57)59)44-18-6-2-7-19-44)49-24-12-23-48(40-49)54-39-38-53(45-20-8-3-9-21-45)55-25-10-11-26-56(54)55/h1-41H. The van der Waals surface area contributed by atoms with Crippen molar-refractivity contribution in [1.82, 2.24) is 15.0 Å². The first kappa shape index (κ1) is 38.9. The molecule has 0 amide bonds. The van der Waals surface area contributed by atoms with Gasteiger partial charge in [-0.3, -0.25) is 0 Å². The minimum Gasteiger partial charge on any atom is -0.208 e. The number of rotatable bonds is 8. The lowest BCUT2D eigenvalue weighted by Gasteiger charge is -2.14. The second-order valence-corrected chi connectivity index (χ2v) is 16.7. The van der Waals surface area contributed by atoms with Gasteiger partial charge in [-0.1, -0.05) is 237 Å². The topological polar surface area (TPSA) is 38.7 Å². The van der Waals surface area contributed by atoms with Crippen LogP contribution in [0.15, 0.2) is 249 Å². The summed E-state index contributed by atoms with van der Waals surface area (Å²) in [7, 11) is 0. The van der Waals surface area contributed by atoms with E-state index in [1.54, 1.807) is 0 Å². The lowest BCUT2D eigenvalue weighted by atomic mass is 9.91. The van der Waals surface area contributed by atoms with Crippen molar-refractivity contribution in [3.63, 3.8) is 0 Å². The molecule has 66 heavy (non-hydrogen) atoms. The van der Waals surface area contributed by atoms with E-state index in [1.807, 2.05) is 0 Å². The Bertz CT molecular complexity index is 3730. The fraction of sp³-hybridized carbons (Fsp3) is 0. The van der Waals surface area contributed by atoms with Crippen LogP contribution < -0.4 is 0 Å². The quantitative estimate of drug-likeness (QED) is 0.153. The molecule has 1 aromatic heterocycles. The van der Waals surface area contributed by atoms with E-state index in [2.05, 4.69) is 249 Å². The normalized spacial score (nSPS) is 11.3. The van der Waals surface area contributed by atoms with Crippen molar-refractivity contribution in [1.29, 1.82) is 0 Å². The van der Waals surface area contributed by atoms with Gasteiger partial charge in [0.05, 0.1) is 0 Å². The van der Waals surface area contributed by atoms with Crippen LogP contribution in [-0.2, 0) is 0 Å². The molecule has 0 fully saturated rings. The summed E-state index contributed by atoms with van der Waals surface area (Å²) >= 11 is 0. The first-order valence-corrected chi connectivity index (χ1v) is 22.4. The maximum atomic E-state index is 5.34. The van der Waals surface area contributed by atoms with Crippen LogP contribution >= 0.6 is 0 Å². The molecule has 3 heteroatoms. The average Bonchev–Trinajstić information content (AvgIpc) is 3.40. The van der Waals surface area contributed by atoms with Gasteiger partial charge in [0.15, 0.2) is 17.5 Å². The zero-order chi connectivity index (χ0) is 43.8. The summed E-state index contributed by atoms with van der Waals surface area (Å²) in [6.45, 7) is 0. The Morgan fingerprint density at radius 3 is 1.18 bits per heavy atom. The van der Waals surface area contributed by atoms with Crippen LogP contribution in [0, 0.1) is 0 Å². The van der Waals surface area contributed by atoms with E-state index in [1.165, 1.54) is 44.2 Å². The second kappa shape index (κ2) is 16.7. The predicted molar refractivity (Wildman–Crippen MR) is 276 cm³/mol. The lowest BCUT2D eigenvalue weighted by molar-refractivity contribution is 1.08. The fourth-order valence-electron chi connectivity index (χ4n) is 9.51. The summed E-state index contributed by atoms with van der Waals surface area (Å²) in [5, 5.41) is 6.92. The number of fused-ring (bicyclic) bond motifs is 3. The van der Waals surface area contributed by atoms with E-state index in [-0.39, 0.29) is 0 Å². The predicted octanol–water partition coefficient (Wildman–Crippen LogP) is 16.7.